The van der Waals surface area contributed by atoms with Crippen molar-refractivity contribution in [2.45, 2.75) is 34.0 Å². The highest BCUT2D eigenvalue weighted by molar-refractivity contribution is 7.92. The molecule has 104 valence electrons. The van der Waals surface area contributed by atoms with Crippen LogP contribution in [0, 0.1) is 6.92 Å². The molecule has 1 aliphatic heterocycles. The van der Waals surface area contributed by atoms with Crippen LogP contribution in [0.15, 0.2) is 0 Å². The van der Waals surface area contributed by atoms with Gasteiger partial charge >= 0.3 is 0 Å². The predicted octanol–water partition coefficient (Wildman–Crippen LogP) is 1.02. The average molecular weight is 274 g/mol. The first-order valence-electron chi connectivity index (χ1n) is 5.99. The van der Waals surface area contributed by atoms with Crippen molar-refractivity contribution in [1.82, 2.24) is 14.5 Å². The number of aryl methyl sites for hydroxylation is 1. The largest absolute Gasteiger partial charge is 0.299 e. The van der Waals surface area contributed by atoms with Crippen molar-refractivity contribution in [3.8, 4) is 0 Å². The van der Waals surface area contributed by atoms with Gasteiger partial charge < -0.3 is 0 Å². The number of aromatic nitrogens is 2. The molecule has 7 heteroatoms. The molecular formula is C11H22N4O2S. The molecule has 0 saturated heterocycles. The van der Waals surface area contributed by atoms with Gasteiger partial charge in [-0.3, -0.25) is 13.8 Å². The number of fused-ring (bicyclic) bond motifs is 1. The zero-order chi connectivity index (χ0) is 14.1. The van der Waals surface area contributed by atoms with Crippen LogP contribution >= 0.6 is 0 Å². The van der Waals surface area contributed by atoms with E-state index in [1.165, 1.54) is 10.6 Å². The van der Waals surface area contributed by atoms with E-state index >= 15 is 0 Å². The van der Waals surface area contributed by atoms with Crippen molar-refractivity contribution >= 4 is 15.8 Å². The van der Waals surface area contributed by atoms with Crippen molar-refractivity contribution in [2.75, 3.05) is 24.7 Å². The molecule has 2 heterocycles. The fourth-order valence-electron chi connectivity index (χ4n) is 1.98. The molecule has 0 N–H and O–H groups in total. The normalized spacial score (nSPS) is 15.0. The molecule has 0 aliphatic carbocycles. The zero-order valence-electron chi connectivity index (χ0n) is 11.9. The summed E-state index contributed by atoms with van der Waals surface area (Å²) in [7, 11) is 0.308. The van der Waals surface area contributed by atoms with Crippen LogP contribution in [0.1, 0.15) is 25.4 Å². The summed E-state index contributed by atoms with van der Waals surface area (Å²) in [5.74, 6) is 1.59. The van der Waals surface area contributed by atoms with E-state index in [4.69, 9.17) is 0 Å². The second-order valence-electron chi connectivity index (χ2n) is 4.25. The van der Waals surface area contributed by atoms with Crippen molar-refractivity contribution in [3.05, 3.63) is 11.5 Å². The van der Waals surface area contributed by atoms with Gasteiger partial charge in [-0.05, 0) is 14.0 Å². The first-order chi connectivity index (χ1) is 8.30. The maximum absolute atomic E-state index is 11.5. The molecule has 0 radical (unpaired) electrons. The van der Waals surface area contributed by atoms with E-state index in [0.29, 0.717) is 12.5 Å². The van der Waals surface area contributed by atoms with Gasteiger partial charge in [0.1, 0.15) is 11.6 Å². The fraction of sp³-hybridized carbons (Fsp3) is 0.727. The van der Waals surface area contributed by atoms with Crippen LogP contribution in [0.25, 0.3) is 0 Å². The second-order valence-corrected chi connectivity index (χ2v) is 6.26. The molecule has 0 amide bonds. The third-order valence-electron chi connectivity index (χ3n) is 2.78. The van der Waals surface area contributed by atoms with Gasteiger partial charge in [0.15, 0.2) is 0 Å². The summed E-state index contributed by atoms with van der Waals surface area (Å²) in [6.45, 7) is 7.28. The van der Waals surface area contributed by atoms with E-state index < -0.39 is 10.0 Å². The van der Waals surface area contributed by atoms with Gasteiger partial charge in [0, 0.05) is 7.05 Å². The molecule has 0 bridgehead atoms. The molecule has 0 unspecified atom stereocenters. The van der Waals surface area contributed by atoms with Crippen LogP contribution in [-0.4, -0.2) is 43.2 Å². The lowest BCUT2D eigenvalue weighted by Crippen LogP contribution is -2.28. The van der Waals surface area contributed by atoms with Gasteiger partial charge in [0.25, 0.3) is 0 Å². The molecule has 0 saturated carbocycles. The Morgan fingerprint density at radius 3 is 2.39 bits per heavy atom. The monoisotopic (exact) mass is 274 g/mol. The molecule has 6 nitrogen and oxygen atoms in total. The van der Waals surface area contributed by atoms with Crippen LogP contribution in [0.5, 0.6) is 0 Å². The Morgan fingerprint density at radius 1 is 1.33 bits per heavy atom. The summed E-state index contributed by atoms with van der Waals surface area (Å²) in [5.41, 5.74) is 0.760. The summed E-state index contributed by atoms with van der Waals surface area (Å²) in [6.07, 6.45) is 1.20. The summed E-state index contributed by atoms with van der Waals surface area (Å²) >= 11 is 0. The van der Waals surface area contributed by atoms with E-state index in [0.717, 1.165) is 18.1 Å². The minimum atomic E-state index is -3.23. The van der Waals surface area contributed by atoms with Crippen molar-refractivity contribution in [2.24, 2.45) is 0 Å². The van der Waals surface area contributed by atoms with Crippen molar-refractivity contribution < 1.29 is 8.42 Å². The van der Waals surface area contributed by atoms with Gasteiger partial charge in [-0.25, -0.2) is 13.4 Å². The number of sulfonamides is 1. The fourth-order valence-corrected chi connectivity index (χ4v) is 2.52. The molecule has 0 atom stereocenters. The number of nitrogens with zero attached hydrogens (tertiary/aromatic N) is 4. The molecule has 1 aromatic rings. The highest BCUT2D eigenvalue weighted by Gasteiger charge is 2.27. The van der Waals surface area contributed by atoms with E-state index in [2.05, 4.69) is 9.88 Å². The number of hydrogen-bond acceptors (Lipinski definition) is 4. The number of rotatable bonds is 2. The Labute approximate surface area is 109 Å². The Balaban J connectivity index is 0.000000771. The van der Waals surface area contributed by atoms with Gasteiger partial charge in [-0.1, -0.05) is 13.8 Å². The van der Waals surface area contributed by atoms with Crippen LogP contribution in [0.4, 0.5) is 5.82 Å². The summed E-state index contributed by atoms with van der Waals surface area (Å²) in [6, 6.07) is 0. The van der Waals surface area contributed by atoms with Crippen LogP contribution < -0.4 is 4.31 Å². The lowest BCUT2D eigenvalue weighted by Gasteiger charge is -2.19. The molecule has 18 heavy (non-hydrogen) atoms. The van der Waals surface area contributed by atoms with Gasteiger partial charge in [-0.2, -0.15) is 0 Å². The SMILES string of the molecule is CC.Cc1nc2n(c1N(C)S(C)(=O)=O)CN(C)C2. The Bertz CT molecular complexity index is 521. The van der Waals surface area contributed by atoms with Gasteiger partial charge in [0.05, 0.1) is 25.2 Å². The minimum Gasteiger partial charge on any atom is -0.299 e. The van der Waals surface area contributed by atoms with Crippen LogP contribution in [-0.2, 0) is 23.2 Å². The maximum atomic E-state index is 11.5. The zero-order valence-corrected chi connectivity index (χ0v) is 12.7. The Kier molecular flexibility index (Phi) is 4.39. The number of hydrogen-bond donors (Lipinski definition) is 0. The van der Waals surface area contributed by atoms with E-state index in [1.807, 2.05) is 32.4 Å². The van der Waals surface area contributed by atoms with Gasteiger partial charge in [0.2, 0.25) is 10.0 Å². The molecule has 2 rings (SSSR count). The molecule has 0 aromatic carbocycles. The van der Waals surface area contributed by atoms with E-state index in [9.17, 15) is 8.42 Å². The molecule has 0 fully saturated rings. The van der Waals surface area contributed by atoms with Crippen molar-refractivity contribution in [1.29, 1.82) is 0 Å². The second kappa shape index (κ2) is 5.27. The van der Waals surface area contributed by atoms with Crippen LogP contribution in [0.3, 0.4) is 0 Å². The molecule has 1 aromatic heterocycles. The van der Waals surface area contributed by atoms with Gasteiger partial charge in [-0.15, -0.1) is 0 Å². The molecular weight excluding hydrogens is 252 g/mol. The third kappa shape index (κ3) is 2.67. The van der Waals surface area contributed by atoms with E-state index in [-0.39, 0.29) is 0 Å². The lowest BCUT2D eigenvalue weighted by atomic mass is 10.5. The summed E-state index contributed by atoms with van der Waals surface area (Å²) in [5, 5.41) is 0. The number of imidazole rings is 1. The molecule has 1 aliphatic rings. The smallest absolute Gasteiger partial charge is 0.233 e. The highest BCUT2D eigenvalue weighted by atomic mass is 32.2. The summed E-state index contributed by atoms with van der Waals surface area (Å²) < 4.78 is 26.3. The first kappa shape index (κ1) is 15.0. The van der Waals surface area contributed by atoms with Crippen LogP contribution in [0.2, 0.25) is 0 Å². The first-order valence-corrected chi connectivity index (χ1v) is 7.84. The topological polar surface area (TPSA) is 58.4 Å². The lowest BCUT2D eigenvalue weighted by molar-refractivity contribution is 0.317. The van der Waals surface area contributed by atoms with Crippen molar-refractivity contribution in [3.63, 3.8) is 0 Å². The van der Waals surface area contributed by atoms with E-state index in [1.54, 1.807) is 7.05 Å². The quantitative estimate of drug-likeness (QED) is 0.808. The average Bonchev–Trinajstić information content (AvgIpc) is 2.73. The summed E-state index contributed by atoms with van der Waals surface area (Å²) in [4.78, 5) is 6.48. The third-order valence-corrected chi connectivity index (χ3v) is 3.95. The highest BCUT2D eigenvalue weighted by Crippen LogP contribution is 2.27. The maximum Gasteiger partial charge on any atom is 0.233 e. The predicted molar refractivity (Wildman–Crippen MR) is 73.0 cm³/mol. The standard InChI is InChI=1S/C9H16N4O2S.C2H6/c1-7-9(12(3)16(4,14)15)13-6-11(2)5-8(13)10-7;1-2/h5-6H2,1-4H3;1-2H3. The molecule has 0 spiro atoms. The Hall–Kier alpha value is -1.08. The minimum absolute atomic E-state index is 0.668. The number of anilines is 1. The Morgan fingerprint density at radius 2 is 1.89 bits per heavy atom.